The van der Waals surface area contributed by atoms with Crippen molar-refractivity contribution >= 4 is 27.7 Å². The van der Waals surface area contributed by atoms with E-state index < -0.39 is 5.54 Å². The van der Waals surface area contributed by atoms with Crippen molar-refractivity contribution in [3.05, 3.63) is 58.2 Å². The van der Waals surface area contributed by atoms with Crippen LogP contribution in [-0.4, -0.2) is 10.9 Å². The Kier molecular flexibility index (Phi) is 4.20. The van der Waals surface area contributed by atoms with Gasteiger partial charge in [-0.3, -0.25) is 4.79 Å². The second kappa shape index (κ2) is 5.73. The zero-order chi connectivity index (χ0) is 14.8. The maximum Gasteiger partial charge on any atom is 0.249 e. The standard InChI is InChI=1S/C15H16BrN3O/c1-10-12(16)8-9-13(18-10)19-14(20)15(2,17)11-6-4-3-5-7-11/h3-9H,17H2,1-2H3,(H,18,19,20). The van der Waals surface area contributed by atoms with Crippen molar-refractivity contribution in [2.24, 2.45) is 5.73 Å². The fraction of sp³-hybridized carbons (Fsp3) is 0.200. The molecule has 104 valence electrons. The number of aromatic nitrogens is 1. The van der Waals surface area contributed by atoms with Crippen LogP contribution in [0.1, 0.15) is 18.2 Å². The first-order valence-electron chi connectivity index (χ1n) is 6.20. The Morgan fingerprint density at radius 3 is 2.50 bits per heavy atom. The minimum Gasteiger partial charge on any atom is -0.314 e. The summed E-state index contributed by atoms with van der Waals surface area (Å²) in [7, 11) is 0. The van der Waals surface area contributed by atoms with Crippen LogP contribution in [0.3, 0.4) is 0 Å². The Hall–Kier alpha value is -1.72. The number of nitrogens with one attached hydrogen (secondary N) is 1. The van der Waals surface area contributed by atoms with Gasteiger partial charge in [-0.1, -0.05) is 30.3 Å². The third kappa shape index (κ3) is 3.05. The highest BCUT2D eigenvalue weighted by atomic mass is 79.9. The fourth-order valence-corrected chi connectivity index (χ4v) is 2.00. The predicted octanol–water partition coefficient (Wildman–Crippen LogP) is 2.97. The van der Waals surface area contributed by atoms with E-state index in [1.54, 1.807) is 13.0 Å². The number of hydrogen-bond acceptors (Lipinski definition) is 3. The van der Waals surface area contributed by atoms with Crippen molar-refractivity contribution in [3.63, 3.8) is 0 Å². The van der Waals surface area contributed by atoms with E-state index in [2.05, 4.69) is 26.2 Å². The van der Waals surface area contributed by atoms with Gasteiger partial charge >= 0.3 is 0 Å². The lowest BCUT2D eigenvalue weighted by atomic mass is 9.92. The number of benzene rings is 1. The first-order valence-corrected chi connectivity index (χ1v) is 6.99. The van der Waals surface area contributed by atoms with Gasteiger partial charge in [-0.2, -0.15) is 0 Å². The largest absolute Gasteiger partial charge is 0.314 e. The van der Waals surface area contributed by atoms with Crippen LogP contribution in [0.15, 0.2) is 46.9 Å². The number of nitrogens with two attached hydrogens (primary N) is 1. The molecule has 1 amide bonds. The molecule has 0 spiro atoms. The molecular formula is C15H16BrN3O. The topological polar surface area (TPSA) is 68.0 Å². The minimum absolute atomic E-state index is 0.294. The highest BCUT2D eigenvalue weighted by Crippen LogP contribution is 2.21. The van der Waals surface area contributed by atoms with Gasteiger partial charge in [0, 0.05) is 4.47 Å². The molecule has 1 unspecified atom stereocenters. The average molecular weight is 334 g/mol. The van der Waals surface area contributed by atoms with E-state index in [9.17, 15) is 4.79 Å². The Bertz CT molecular complexity index is 626. The van der Waals surface area contributed by atoms with Crippen molar-refractivity contribution in [1.82, 2.24) is 4.98 Å². The number of hydrogen-bond donors (Lipinski definition) is 2. The maximum atomic E-state index is 12.3. The van der Waals surface area contributed by atoms with Crippen molar-refractivity contribution < 1.29 is 4.79 Å². The fourth-order valence-electron chi connectivity index (χ4n) is 1.78. The maximum absolute atomic E-state index is 12.3. The van der Waals surface area contributed by atoms with Gasteiger partial charge < -0.3 is 11.1 Å². The van der Waals surface area contributed by atoms with Crippen LogP contribution in [0, 0.1) is 6.92 Å². The van der Waals surface area contributed by atoms with Crippen LogP contribution in [0.4, 0.5) is 5.82 Å². The van der Waals surface area contributed by atoms with Gasteiger partial charge in [-0.25, -0.2) is 4.98 Å². The summed E-state index contributed by atoms with van der Waals surface area (Å²) in [6, 6.07) is 12.8. The Labute approximate surface area is 126 Å². The van der Waals surface area contributed by atoms with Gasteiger partial charge in [-0.05, 0) is 47.5 Å². The van der Waals surface area contributed by atoms with E-state index in [0.717, 1.165) is 15.7 Å². The highest BCUT2D eigenvalue weighted by Gasteiger charge is 2.30. The molecule has 0 aliphatic carbocycles. The zero-order valence-corrected chi connectivity index (χ0v) is 12.9. The molecule has 0 aliphatic heterocycles. The van der Waals surface area contributed by atoms with Gasteiger partial charge in [0.05, 0.1) is 5.69 Å². The monoisotopic (exact) mass is 333 g/mol. The van der Waals surface area contributed by atoms with Crippen LogP contribution < -0.4 is 11.1 Å². The summed E-state index contributed by atoms with van der Waals surface area (Å²) in [5.74, 6) is 0.196. The van der Waals surface area contributed by atoms with Gasteiger partial charge in [0.15, 0.2) is 0 Å². The van der Waals surface area contributed by atoms with Gasteiger partial charge in [-0.15, -0.1) is 0 Å². The molecule has 1 heterocycles. The summed E-state index contributed by atoms with van der Waals surface area (Å²) in [6.45, 7) is 3.54. The number of aryl methyl sites for hydroxylation is 1. The number of halogens is 1. The molecule has 1 aromatic heterocycles. The third-order valence-electron chi connectivity index (χ3n) is 3.11. The molecule has 0 saturated heterocycles. The van der Waals surface area contributed by atoms with Crippen LogP contribution in [0.25, 0.3) is 0 Å². The first kappa shape index (κ1) is 14.7. The quantitative estimate of drug-likeness (QED) is 0.907. The summed E-state index contributed by atoms with van der Waals surface area (Å²) in [4.78, 5) is 16.6. The number of amides is 1. The summed E-state index contributed by atoms with van der Waals surface area (Å²) in [5.41, 5.74) is 6.60. The molecule has 5 heteroatoms. The zero-order valence-electron chi connectivity index (χ0n) is 11.4. The van der Waals surface area contributed by atoms with E-state index in [0.29, 0.717) is 5.82 Å². The molecule has 0 fully saturated rings. The number of anilines is 1. The molecule has 3 N–H and O–H groups in total. The van der Waals surface area contributed by atoms with Crippen molar-refractivity contribution in [1.29, 1.82) is 0 Å². The van der Waals surface area contributed by atoms with E-state index in [4.69, 9.17) is 5.73 Å². The Morgan fingerprint density at radius 1 is 1.25 bits per heavy atom. The molecule has 0 aliphatic rings. The minimum atomic E-state index is -1.11. The van der Waals surface area contributed by atoms with Crippen molar-refractivity contribution in [2.75, 3.05) is 5.32 Å². The number of nitrogens with zero attached hydrogens (tertiary/aromatic N) is 1. The van der Waals surface area contributed by atoms with Gasteiger partial charge in [0.25, 0.3) is 0 Å². The Balaban J connectivity index is 2.21. The average Bonchev–Trinajstić information content (AvgIpc) is 2.44. The van der Waals surface area contributed by atoms with Crippen molar-refractivity contribution in [3.8, 4) is 0 Å². The SMILES string of the molecule is Cc1nc(NC(=O)C(C)(N)c2ccccc2)ccc1Br. The lowest BCUT2D eigenvalue weighted by Gasteiger charge is -2.23. The van der Waals surface area contributed by atoms with Gasteiger partial charge in [0.1, 0.15) is 11.4 Å². The van der Waals surface area contributed by atoms with Crippen LogP contribution in [0.2, 0.25) is 0 Å². The van der Waals surface area contributed by atoms with E-state index >= 15 is 0 Å². The summed E-state index contributed by atoms with van der Waals surface area (Å²) >= 11 is 3.37. The Morgan fingerprint density at radius 2 is 1.90 bits per heavy atom. The summed E-state index contributed by atoms with van der Waals surface area (Å²) < 4.78 is 0.897. The molecule has 2 aromatic rings. The lowest BCUT2D eigenvalue weighted by Crippen LogP contribution is -2.45. The van der Waals surface area contributed by atoms with Crippen LogP contribution >= 0.6 is 15.9 Å². The number of carbonyl (C=O) groups excluding carboxylic acids is 1. The predicted molar refractivity (Wildman–Crippen MR) is 83.3 cm³/mol. The molecule has 0 radical (unpaired) electrons. The third-order valence-corrected chi connectivity index (χ3v) is 3.95. The van der Waals surface area contributed by atoms with E-state index in [1.165, 1.54) is 0 Å². The molecule has 2 rings (SSSR count). The second-order valence-electron chi connectivity index (χ2n) is 4.79. The number of carbonyl (C=O) groups is 1. The molecule has 4 nitrogen and oxygen atoms in total. The number of rotatable bonds is 3. The second-order valence-corrected chi connectivity index (χ2v) is 5.64. The summed E-state index contributed by atoms with van der Waals surface area (Å²) in [5, 5.41) is 2.75. The first-order chi connectivity index (χ1) is 9.41. The van der Waals surface area contributed by atoms with E-state index in [-0.39, 0.29) is 5.91 Å². The summed E-state index contributed by atoms with van der Waals surface area (Å²) in [6.07, 6.45) is 0. The van der Waals surface area contributed by atoms with Gasteiger partial charge in [0.2, 0.25) is 5.91 Å². The van der Waals surface area contributed by atoms with Crippen LogP contribution in [0.5, 0.6) is 0 Å². The smallest absolute Gasteiger partial charge is 0.249 e. The van der Waals surface area contributed by atoms with E-state index in [1.807, 2.05) is 43.3 Å². The lowest BCUT2D eigenvalue weighted by molar-refractivity contribution is -0.120. The molecular weight excluding hydrogens is 318 g/mol. The highest BCUT2D eigenvalue weighted by molar-refractivity contribution is 9.10. The molecule has 20 heavy (non-hydrogen) atoms. The molecule has 1 aromatic carbocycles. The molecule has 0 bridgehead atoms. The normalized spacial score (nSPS) is 13.6. The molecule has 0 saturated carbocycles. The van der Waals surface area contributed by atoms with Crippen LogP contribution in [-0.2, 0) is 10.3 Å². The number of pyridine rings is 1. The van der Waals surface area contributed by atoms with Crippen molar-refractivity contribution in [2.45, 2.75) is 19.4 Å². The molecule has 1 atom stereocenters.